The molecule has 2 rings (SSSR count). The Labute approximate surface area is 112 Å². The first-order chi connectivity index (χ1) is 8.99. The minimum atomic E-state index is -0.777. The summed E-state index contributed by atoms with van der Waals surface area (Å²) in [6.45, 7) is 0. The molecule has 0 radical (unpaired) electrons. The van der Waals surface area contributed by atoms with E-state index in [0.29, 0.717) is 0 Å². The van der Waals surface area contributed by atoms with Crippen LogP contribution in [0.5, 0.6) is 0 Å². The van der Waals surface area contributed by atoms with Gasteiger partial charge in [0.05, 0.1) is 22.5 Å². The minimum absolute atomic E-state index is 0.124. The summed E-state index contributed by atoms with van der Waals surface area (Å²) < 4.78 is 26.6. The van der Waals surface area contributed by atoms with E-state index < -0.39 is 17.5 Å². The average Bonchev–Trinajstić information content (AvgIpc) is 2.38. The Bertz CT molecular complexity index is 649. The Hall–Kier alpha value is -2.21. The second kappa shape index (κ2) is 5.19. The number of pyridine rings is 1. The van der Waals surface area contributed by atoms with Gasteiger partial charge in [-0.1, -0.05) is 17.7 Å². The molecule has 1 aromatic heterocycles. The summed E-state index contributed by atoms with van der Waals surface area (Å²) >= 11 is 5.58. The van der Waals surface area contributed by atoms with Crippen molar-refractivity contribution in [2.45, 2.75) is 0 Å². The molecule has 0 saturated heterocycles. The number of rotatable bonds is 2. The number of carbonyl (C=O) groups excluding carboxylic acids is 1. The van der Waals surface area contributed by atoms with Crippen LogP contribution in [0.3, 0.4) is 0 Å². The lowest BCUT2D eigenvalue weighted by molar-refractivity contribution is 0.102. The molecule has 3 N–H and O–H groups in total. The molecule has 1 aromatic carbocycles. The molecule has 0 aliphatic carbocycles. The number of hydrogen-bond donors (Lipinski definition) is 2. The van der Waals surface area contributed by atoms with Crippen LogP contribution in [0.2, 0.25) is 5.02 Å². The molecule has 0 aliphatic heterocycles. The van der Waals surface area contributed by atoms with E-state index in [0.717, 1.165) is 12.3 Å². The van der Waals surface area contributed by atoms with E-state index in [9.17, 15) is 13.6 Å². The zero-order valence-corrected chi connectivity index (χ0v) is 10.2. The lowest BCUT2D eigenvalue weighted by Gasteiger charge is -2.08. The second-order valence-corrected chi connectivity index (χ2v) is 4.05. The molecule has 0 saturated carbocycles. The molecule has 0 fully saturated rings. The molecule has 2 aromatic rings. The Balaban J connectivity index is 2.31. The van der Waals surface area contributed by atoms with Crippen LogP contribution < -0.4 is 11.1 Å². The van der Waals surface area contributed by atoms with Crippen molar-refractivity contribution >= 4 is 29.0 Å². The first-order valence-electron chi connectivity index (χ1n) is 5.15. The number of halogens is 3. The third-order valence-corrected chi connectivity index (χ3v) is 2.62. The van der Waals surface area contributed by atoms with Gasteiger partial charge < -0.3 is 11.1 Å². The average molecular weight is 284 g/mol. The number of nitrogens with zero attached hydrogens (tertiary/aromatic N) is 1. The fourth-order valence-electron chi connectivity index (χ4n) is 1.42. The van der Waals surface area contributed by atoms with E-state index in [4.69, 9.17) is 17.3 Å². The molecule has 1 amide bonds. The van der Waals surface area contributed by atoms with Crippen molar-refractivity contribution in [3.8, 4) is 0 Å². The highest BCUT2D eigenvalue weighted by atomic mass is 35.5. The molecule has 98 valence electrons. The van der Waals surface area contributed by atoms with E-state index in [2.05, 4.69) is 10.3 Å². The van der Waals surface area contributed by atoms with E-state index >= 15 is 0 Å². The number of carbonyl (C=O) groups is 1. The van der Waals surface area contributed by atoms with Crippen molar-refractivity contribution in [1.29, 1.82) is 0 Å². The van der Waals surface area contributed by atoms with Gasteiger partial charge in [0.1, 0.15) is 11.6 Å². The Kier molecular flexibility index (Phi) is 3.62. The van der Waals surface area contributed by atoms with Crippen LogP contribution in [0.4, 0.5) is 20.3 Å². The summed E-state index contributed by atoms with van der Waals surface area (Å²) in [7, 11) is 0. The number of amides is 1. The Morgan fingerprint density at radius 2 is 2.11 bits per heavy atom. The molecule has 7 heteroatoms. The summed E-state index contributed by atoms with van der Waals surface area (Å²) in [5.74, 6) is -2.42. The minimum Gasteiger partial charge on any atom is -0.383 e. The summed E-state index contributed by atoms with van der Waals surface area (Å²) in [5, 5.41) is 2.11. The molecule has 0 spiro atoms. The SMILES string of the molecule is Nc1ncc(F)cc1C(=O)Nc1cccc(Cl)c1F. The van der Waals surface area contributed by atoms with Gasteiger partial charge in [-0.25, -0.2) is 13.8 Å². The van der Waals surface area contributed by atoms with E-state index in [1.54, 1.807) is 0 Å². The molecule has 0 unspecified atom stereocenters. The van der Waals surface area contributed by atoms with Gasteiger partial charge in [-0.3, -0.25) is 4.79 Å². The molecule has 1 heterocycles. The van der Waals surface area contributed by atoms with Gasteiger partial charge in [0.25, 0.3) is 5.91 Å². The van der Waals surface area contributed by atoms with Crippen LogP contribution >= 0.6 is 11.6 Å². The first kappa shape index (κ1) is 13.2. The summed E-state index contributed by atoms with van der Waals surface area (Å²) in [6, 6.07) is 5.04. The normalized spacial score (nSPS) is 10.3. The third kappa shape index (κ3) is 2.79. The highest BCUT2D eigenvalue weighted by molar-refractivity contribution is 6.31. The van der Waals surface area contributed by atoms with Gasteiger partial charge in [-0.15, -0.1) is 0 Å². The molecule has 4 nitrogen and oxygen atoms in total. The fourth-order valence-corrected chi connectivity index (χ4v) is 1.60. The monoisotopic (exact) mass is 283 g/mol. The zero-order chi connectivity index (χ0) is 14.0. The van der Waals surface area contributed by atoms with Gasteiger partial charge in [-0.05, 0) is 18.2 Å². The largest absolute Gasteiger partial charge is 0.383 e. The number of nitrogens with one attached hydrogen (secondary N) is 1. The smallest absolute Gasteiger partial charge is 0.259 e. The number of nitrogens with two attached hydrogens (primary N) is 1. The van der Waals surface area contributed by atoms with Crippen molar-refractivity contribution in [1.82, 2.24) is 4.98 Å². The second-order valence-electron chi connectivity index (χ2n) is 3.64. The van der Waals surface area contributed by atoms with Gasteiger partial charge in [0.15, 0.2) is 5.82 Å². The quantitative estimate of drug-likeness (QED) is 0.890. The molecular formula is C12H8ClF2N3O. The van der Waals surface area contributed by atoms with Crippen molar-refractivity contribution in [2.75, 3.05) is 11.1 Å². The van der Waals surface area contributed by atoms with Crippen LogP contribution in [0, 0.1) is 11.6 Å². The van der Waals surface area contributed by atoms with Crippen molar-refractivity contribution < 1.29 is 13.6 Å². The van der Waals surface area contributed by atoms with Crippen molar-refractivity contribution in [3.63, 3.8) is 0 Å². The van der Waals surface area contributed by atoms with E-state index in [1.165, 1.54) is 18.2 Å². The summed E-state index contributed by atoms with van der Waals surface area (Å²) in [6.07, 6.45) is 0.881. The zero-order valence-electron chi connectivity index (χ0n) is 9.45. The van der Waals surface area contributed by atoms with Gasteiger partial charge in [-0.2, -0.15) is 0 Å². The summed E-state index contributed by atoms with van der Waals surface area (Å²) in [5.41, 5.74) is 5.15. The number of aromatic nitrogens is 1. The predicted molar refractivity (Wildman–Crippen MR) is 68.0 cm³/mol. The van der Waals surface area contributed by atoms with Crippen LogP contribution in [0.15, 0.2) is 30.5 Å². The fraction of sp³-hybridized carbons (Fsp3) is 0. The number of nitrogen functional groups attached to an aromatic ring is 1. The van der Waals surface area contributed by atoms with Gasteiger partial charge in [0.2, 0.25) is 0 Å². The van der Waals surface area contributed by atoms with E-state index in [1.807, 2.05) is 0 Å². The summed E-state index contributed by atoms with van der Waals surface area (Å²) in [4.78, 5) is 15.3. The highest BCUT2D eigenvalue weighted by Gasteiger charge is 2.15. The molecule has 0 aliphatic rings. The first-order valence-corrected chi connectivity index (χ1v) is 5.53. The Morgan fingerprint density at radius 3 is 2.84 bits per heavy atom. The van der Waals surface area contributed by atoms with Gasteiger partial charge >= 0.3 is 0 Å². The maximum absolute atomic E-state index is 13.6. The predicted octanol–water partition coefficient (Wildman–Crippen LogP) is 2.85. The molecular weight excluding hydrogens is 276 g/mol. The molecule has 0 bridgehead atoms. The van der Waals surface area contributed by atoms with Crippen LogP contribution in [-0.2, 0) is 0 Å². The standard InChI is InChI=1S/C12H8ClF2N3O/c13-8-2-1-3-9(10(8)15)18-12(19)7-4-6(14)5-17-11(7)16/h1-5H,(H2,16,17)(H,18,19). The Morgan fingerprint density at radius 1 is 1.37 bits per heavy atom. The lowest BCUT2D eigenvalue weighted by Crippen LogP contribution is -2.16. The van der Waals surface area contributed by atoms with Crippen molar-refractivity contribution in [2.24, 2.45) is 0 Å². The van der Waals surface area contributed by atoms with Crippen LogP contribution in [-0.4, -0.2) is 10.9 Å². The topological polar surface area (TPSA) is 68.0 Å². The third-order valence-electron chi connectivity index (χ3n) is 2.33. The van der Waals surface area contributed by atoms with Crippen LogP contribution in [0.1, 0.15) is 10.4 Å². The highest BCUT2D eigenvalue weighted by Crippen LogP contribution is 2.23. The number of anilines is 2. The molecule has 0 atom stereocenters. The van der Waals surface area contributed by atoms with E-state index in [-0.39, 0.29) is 22.1 Å². The van der Waals surface area contributed by atoms with Gasteiger partial charge in [0, 0.05) is 0 Å². The van der Waals surface area contributed by atoms with Crippen molar-refractivity contribution in [3.05, 3.63) is 52.7 Å². The maximum Gasteiger partial charge on any atom is 0.259 e. The molecule has 19 heavy (non-hydrogen) atoms. The number of benzene rings is 1. The number of hydrogen-bond acceptors (Lipinski definition) is 3. The maximum atomic E-state index is 13.6. The lowest BCUT2D eigenvalue weighted by atomic mass is 10.2. The van der Waals surface area contributed by atoms with Crippen LogP contribution in [0.25, 0.3) is 0 Å².